The summed E-state index contributed by atoms with van der Waals surface area (Å²) in [6.07, 6.45) is -0.448. The molecular weight excluding hydrogens is 583 g/mol. The summed E-state index contributed by atoms with van der Waals surface area (Å²) < 4.78 is 54.2. The molecule has 0 radical (unpaired) electrons. The molecule has 0 bridgehead atoms. The maximum Gasteiger partial charge on any atom is 0.416 e. The highest BCUT2D eigenvalue weighted by Gasteiger charge is 2.36. The van der Waals surface area contributed by atoms with Gasteiger partial charge in [-0.05, 0) is 65.9 Å². The highest BCUT2D eigenvalue weighted by molar-refractivity contribution is 5.82. The van der Waals surface area contributed by atoms with E-state index in [-0.39, 0.29) is 30.5 Å². The van der Waals surface area contributed by atoms with Crippen LogP contribution in [0.15, 0.2) is 60.9 Å². The monoisotopic (exact) mass is 619 g/mol. The number of H-pyrrole nitrogens is 1. The molecule has 4 aromatic rings. The Kier molecular flexibility index (Phi) is 8.01. The molecule has 45 heavy (non-hydrogen) atoms. The Morgan fingerprint density at radius 1 is 1.04 bits per heavy atom. The number of nitrogens with one attached hydrogen (secondary N) is 1. The number of hydrogen-bond donors (Lipinski definition) is 1. The molecule has 2 saturated heterocycles. The lowest BCUT2D eigenvalue weighted by Crippen LogP contribution is -2.56. The Bertz CT molecular complexity index is 1690. The molecule has 236 valence electrons. The number of aromatic amines is 1. The van der Waals surface area contributed by atoms with Crippen molar-refractivity contribution < 1.29 is 27.4 Å². The summed E-state index contributed by atoms with van der Waals surface area (Å²) in [6, 6.07) is 14.2. The number of alkyl halides is 3. The van der Waals surface area contributed by atoms with Crippen molar-refractivity contribution in [1.29, 1.82) is 0 Å². The second kappa shape index (κ2) is 12.1. The Labute approximate surface area is 259 Å². The molecule has 8 nitrogen and oxygen atoms in total. The lowest BCUT2D eigenvalue weighted by molar-refractivity contribution is -0.139. The van der Waals surface area contributed by atoms with Gasteiger partial charge in [-0.15, -0.1) is 0 Å². The molecule has 1 N–H and O–H groups in total. The highest BCUT2D eigenvalue weighted by atomic mass is 19.4. The predicted molar refractivity (Wildman–Crippen MR) is 163 cm³/mol. The smallest absolute Gasteiger partial charge is 0.416 e. The molecule has 2 fully saturated rings. The minimum Gasteiger partial charge on any atom is -0.457 e. The summed E-state index contributed by atoms with van der Waals surface area (Å²) in [6.45, 7) is 7.25. The van der Waals surface area contributed by atoms with Crippen LogP contribution in [0.4, 0.5) is 13.2 Å². The Hall–Kier alpha value is -3.93. The van der Waals surface area contributed by atoms with Crippen molar-refractivity contribution in [3.05, 3.63) is 88.7 Å². The number of amides is 1. The summed E-state index contributed by atoms with van der Waals surface area (Å²) in [4.78, 5) is 27.1. The zero-order valence-electron chi connectivity index (χ0n) is 25.1. The van der Waals surface area contributed by atoms with Crippen LogP contribution in [-0.4, -0.2) is 82.6 Å². The average molecular weight is 620 g/mol. The van der Waals surface area contributed by atoms with Gasteiger partial charge in [0.2, 0.25) is 5.91 Å². The first-order chi connectivity index (χ1) is 21.7. The molecule has 5 heterocycles. The van der Waals surface area contributed by atoms with E-state index in [0.717, 1.165) is 48.5 Å². The number of aromatic nitrogens is 2. The maximum atomic E-state index is 14.2. The van der Waals surface area contributed by atoms with Gasteiger partial charge in [0.15, 0.2) is 0 Å². The number of carbonyl (C=O) groups excluding carboxylic acids is 1. The minimum atomic E-state index is -4.51. The highest BCUT2D eigenvalue weighted by Crippen LogP contribution is 2.37. The van der Waals surface area contributed by atoms with Crippen LogP contribution in [0.25, 0.3) is 11.0 Å². The second-order valence-corrected chi connectivity index (χ2v) is 12.2. The van der Waals surface area contributed by atoms with Crippen LogP contribution in [0, 0.1) is 0 Å². The number of halogens is 3. The van der Waals surface area contributed by atoms with Crippen LogP contribution in [0.2, 0.25) is 0 Å². The van der Waals surface area contributed by atoms with Gasteiger partial charge in [-0.1, -0.05) is 18.2 Å². The van der Waals surface area contributed by atoms with Crippen LogP contribution < -0.4 is 4.74 Å². The summed E-state index contributed by atoms with van der Waals surface area (Å²) in [5.74, 6) is 1.12. The average Bonchev–Trinajstić information content (AvgIpc) is 3.48. The molecule has 1 amide bonds. The summed E-state index contributed by atoms with van der Waals surface area (Å²) in [5, 5.41) is 0.867. The number of nitrogens with zero attached hydrogens (tertiary/aromatic N) is 4. The SMILES string of the molecule is C[C@H]1c2cc(Oc3ccnc4[nH]ccc34)ccc2CCN1C(=O)Cc1ccc(CN2CCN(C3COC3)CC2)c(C(F)(F)F)c1. The zero-order valence-corrected chi connectivity index (χ0v) is 25.1. The third kappa shape index (κ3) is 6.16. The van der Waals surface area contributed by atoms with E-state index < -0.39 is 11.7 Å². The first-order valence-electron chi connectivity index (χ1n) is 15.5. The van der Waals surface area contributed by atoms with Crippen molar-refractivity contribution in [2.45, 2.75) is 44.6 Å². The normalized spacial score (nSPS) is 19.8. The van der Waals surface area contributed by atoms with E-state index in [1.165, 1.54) is 6.07 Å². The zero-order chi connectivity index (χ0) is 31.1. The van der Waals surface area contributed by atoms with Gasteiger partial charge in [0.25, 0.3) is 0 Å². The number of carbonyl (C=O) groups is 1. The summed E-state index contributed by atoms with van der Waals surface area (Å²) >= 11 is 0. The fraction of sp³-hybridized carbons (Fsp3) is 0.412. The van der Waals surface area contributed by atoms with Gasteiger partial charge in [-0.2, -0.15) is 13.2 Å². The predicted octanol–water partition coefficient (Wildman–Crippen LogP) is 5.58. The van der Waals surface area contributed by atoms with Crippen molar-refractivity contribution in [3.8, 4) is 11.5 Å². The maximum absolute atomic E-state index is 14.2. The van der Waals surface area contributed by atoms with E-state index in [4.69, 9.17) is 9.47 Å². The van der Waals surface area contributed by atoms with Crippen LogP contribution in [0.1, 0.15) is 40.8 Å². The molecule has 2 aromatic carbocycles. The Morgan fingerprint density at radius 2 is 1.87 bits per heavy atom. The standard InChI is InChI=1S/C34H36F3N5O3/c1-22-29-18-27(45-31-7-10-39-33-28(31)6-9-38-33)5-4-24(29)8-11-42(22)32(43)17-23-2-3-25(30(16-23)34(35,36)37)19-40-12-14-41(15-13-40)26-20-44-21-26/h2-7,9-10,16,18,22,26H,8,11-15,17,19-21H2,1H3,(H,38,39)/t22-/m0/s1. The molecule has 1 atom stereocenters. The Morgan fingerprint density at radius 3 is 2.62 bits per heavy atom. The minimum absolute atomic E-state index is 0.0934. The van der Waals surface area contributed by atoms with Crippen molar-refractivity contribution in [1.82, 2.24) is 24.7 Å². The fourth-order valence-electron chi connectivity index (χ4n) is 6.72. The van der Waals surface area contributed by atoms with Crippen molar-refractivity contribution >= 4 is 16.9 Å². The van der Waals surface area contributed by atoms with Crippen LogP contribution in [-0.2, 0) is 35.1 Å². The lowest BCUT2D eigenvalue weighted by atomic mass is 9.92. The van der Waals surface area contributed by atoms with Gasteiger partial charge >= 0.3 is 6.18 Å². The lowest BCUT2D eigenvalue weighted by Gasteiger charge is -2.42. The molecule has 0 saturated carbocycles. The first-order valence-corrected chi connectivity index (χ1v) is 15.5. The van der Waals surface area contributed by atoms with Gasteiger partial charge in [0.05, 0.1) is 42.7 Å². The van der Waals surface area contributed by atoms with Gasteiger partial charge in [0.1, 0.15) is 17.1 Å². The van der Waals surface area contributed by atoms with E-state index in [0.29, 0.717) is 49.2 Å². The molecule has 2 aromatic heterocycles. The molecule has 11 heteroatoms. The van der Waals surface area contributed by atoms with E-state index >= 15 is 0 Å². The van der Waals surface area contributed by atoms with Gasteiger partial charge in [0, 0.05) is 51.7 Å². The van der Waals surface area contributed by atoms with Crippen LogP contribution in [0.5, 0.6) is 11.5 Å². The molecule has 0 unspecified atom stereocenters. The number of rotatable bonds is 7. The van der Waals surface area contributed by atoms with Gasteiger partial charge in [-0.25, -0.2) is 4.98 Å². The van der Waals surface area contributed by atoms with E-state index in [9.17, 15) is 18.0 Å². The van der Waals surface area contributed by atoms with Crippen molar-refractivity contribution in [3.63, 3.8) is 0 Å². The molecule has 0 spiro atoms. The topological polar surface area (TPSA) is 73.9 Å². The number of fused-ring (bicyclic) bond motifs is 2. The van der Waals surface area contributed by atoms with Crippen molar-refractivity contribution in [2.75, 3.05) is 45.9 Å². The number of benzene rings is 2. The van der Waals surface area contributed by atoms with E-state index in [1.54, 1.807) is 29.3 Å². The first kappa shape index (κ1) is 29.8. The number of ether oxygens (including phenoxy) is 2. The number of hydrogen-bond acceptors (Lipinski definition) is 6. The molecule has 0 aliphatic carbocycles. The number of piperazine rings is 1. The van der Waals surface area contributed by atoms with Crippen LogP contribution in [0.3, 0.4) is 0 Å². The summed E-state index contributed by atoms with van der Waals surface area (Å²) in [7, 11) is 0. The number of pyridine rings is 1. The van der Waals surface area contributed by atoms with Gasteiger partial charge < -0.3 is 19.4 Å². The quantitative estimate of drug-likeness (QED) is 0.291. The molecule has 3 aliphatic heterocycles. The largest absolute Gasteiger partial charge is 0.457 e. The molecular formula is C34H36F3N5O3. The van der Waals surface area contributed by atoms with E-state index in [2.05, 4.69) is 19.8 Å². The summed E-state index contributed by atoms with van der Waals surface area (Å²) in [5.41, 5.74) is 2.80. The molecule has 3 aliphatic rings. The van der Waals surface area contributed by atoms with E-state index in [1.807, 2.05) is 37.4 Å². The Balaban J connectivity index is 1.03. The second-order valence-electron chi connectivity index (χ2n) is 12.2. The van der Waals surface area contributed by atoms with Crippen LogP contribution >= 0.6 is 0 Å². The molecule has 7 rings (SSSR count). The third-order valence-corrected chi connectivity index (χ3v) is 9.40. The van der Waals surface area contributed by atoms with Crippen molar-refractivity contribution in [2.24, 2.45) is 0 Å². The third-order valence-electron chi connectivity index (χ3n) is 9.40. The van der Waals surface area contributed by atoms with Gasteiger partial charge in [-0.3, -0.25) is 14.6 Å². The fourth-order valence-corrected chi connectivity index (χ4v) is 6.72.